The van der Waals surface area contributed by atoms with E-state index >= 15 is 0 Å². The molecule has 4 rings (SSSR count). The average molecular weight is 371 g/mol. The Morgan fingerprint density at radius 2 is 2.04 bits per heavy atom. The lowest BCUT2D eigenvalue weighted by atomic mass is 10.1. The highest BCUT2D eigenvalue weighted by Gasteiger charge is 2.47. The molecule has 3 heterocycles. The van der Waals surface area contributed by atoms with Crippen molar-refractivity contribution >= 4 is 11.8 Å². The van der Waals surface area contributed by atoms with Gasteiger partial charge in [-0.1, -0.05) is 12.1 Å². The van der Waals surface area contributed by atoms with Crippen LogP contribution < -0.4 is 4.90 Å². The molecular formula is C20H22FN3O3. The van der Waals surface area contributed by atoms with Crippen molar-refractivity contribution in [3.8, 4) is 0 Å². The summed E-state index contributed by atoms with van der Waals surface area (Å²) in [7, 11) is 0. The predicted octanol–water partition coefficient (Wildman–Crippen LogP) is 2.36. The van der Waals surface area contributed by atoms with Gasteiger partial charge in [-0.2, -0.15) is 0 Å². The van der Waals surface area contributed by atoms with Crippen LogP contribution in [0.3, 0.4) is 0 Å². The van der Waals surface area contributed by atoms with Crippen LogP contribution in [0.25, 0.3) is 0 Å². The Morgan fingerprint density at radius 1 is 1.22 bits per heavy atom. The first-order valence-electron chi connectivity index (χ1n) is 9.16. The third kappa shape index (κ3) is 3.73. The first-order valence-corrected chi connectivity index (χ1v) is 9.16. The van der Waals surface area contributed by atoms with Crippen molar-refractivity contribution in [1.82, 2.24) is 9.88 Å². The molecule has 27 heavy (non-hydrogen) atoms. The summed E-state index contributed by atoms with van der Waals surface area (Å²) in [4.78, 5) is 20.3. The van der Waals surface area contributed by atoms with E-state index < -0.39 is 0 Å². The molecule has 1 aromatic heterocycles. The molecule has 6 nitrogen and oxygen atoms in total. The Bertz CT molecular complexity index is 814. The molecular weight excluding hydrogens is 349 g/mol. The molecule has 2 aromatic rings. The summed E-state index contributed by atoms with van der Waals surface area (Å²) in [6.45, 7) is 1.85. The first kappa shape index (κ1) is 17.7. The number of aliphatic hydroxyl groups is 1. The van der Waals surface area contributed by atoms with Crippen molar-refractivity contribution in [1.29, 1.82) is 0 Å². The minimum absolute atomic E-state index is 0.0245. The van der Waals surface area contributed by atoms with Gasteiger partial charge in [0.15, 0.2) is 0 Å². The smallest absolute Gasteiger partial charge is 0.410 e. The van der Waals surface area contributed by atoms with Crippen molar-refractivity contribution in [2.75, 3.05) is 24.5 Å². The van der Waals surface area contributed by atoms with E-state index in [1.807, 2.05) is 17.0 Å². The van der Waals surface area contributed by atoms with Crippen molar-refractivity contribution < 1.29 is 19.0 Å². The van der Waals surface area contributed by atoms with Gasteiger partial charge < -0.3 is 14.7 Å². The van der Waals surface area contributed by atoms with Crippen LogP contribution in [0.4, 0.5) is 14.9 Å². The van der Waals surface area contributed by atoms with E-state index in [1.54, 1.807) is 18.3 Å². The number of amides is 1. The first-order chi connectivity index (χ1) is 13.1. The lowest BCUT2D eigenvalue weighted by molar-refractivity contribution is 0.135. The van der Waals surface area contributed by atoms with Crippen LogP contribution in [0.15, 0.2) is 42.6 Å². The lowest BCUT2D eigenvalue weighted by Crippen LogP contribution is -2.38. The monoisotopic (exact) mass is 371 g/mol. The summed E-state index contributed by atoms with van der Waals surface area (Å²) in [5, 5.41) is 9.27. The normalized spacial score (nSPS) is 21.5. The zero-order chi connectivity index (χ0) is 18.8. The summed E-state index contributed by atoms with van der Waals surface area (Å²) in [6, 6.07) is 10.3. The van der Waals surface area contributed by atoms with Crippen LogP contribution >= 0.6 is 0 Å². The molecule has 2 fully saturated rings. The number of hydrogen-bond donors (Lipinski definition) is 1. The molecule has 0 spiro atoms. The number of pyridine rings is 1. The molecule has 2 aliphatic heterocycles. The quantitative estimate of drug-likeness (QED) is 0.844. The molecule has 2 aliphatic rings. The molecule has 0 radical (unpaired) electrons. The molecule has 0 unspecified atom stereocenters. The number of anilines is 1. The highest BCUT2D eigenvalue weighted by Crippen LogP contribution is 2.30. The Hall–Kier alpha value is -2.67. The largest absolute Gasteiger partial charge is 0.442 e. The van der Waals surface area contributed by atoms with Crippen molar-refractivity contribution in [2.45, 2.75) is 31.6 Å². The van der Waals surface area contributed by atoms with E-state index in [0.717, 1.165) is 24.1 Å². The van der Waals surface area contributed by atoms with E-state index in [2.05, 4.69) is 9.88 Å². The number of carbonyl (C=O) groups is 1. The molecule has 2 atom stereocenters. The number of aryl methyl sites for hydroxylation is 1. The van der Waals surface area contributed by atoms with Crippen molar-refractivity contribution in [2.24, 2.45) is 0 Å². The summed E-state index contributed by atoms with van der Waals surface area (Å²) in [5.74, 6) is -0.240. The number of ether oxygens (including phenoxy) is 1. The molecule has 2 saturated heterocycles. The fourth-order valence-electron chi connectivity index (χ4n) is 3.83. The number of fused-ring (bicyclic) bond motifs is 1. The fraction of sp³-hybridized carbons (Fsp3) is 0.400. The van der Waals surface area contributed by atoms with Crippen molar-refractivity contribution in [3.05, 3.63) is 59.7 Å². The second-order valence-electron chi connectivity index (χ2n) is 6.98. The Labute approximate surface area is 157 Å². The summed E-state index contributed by atoms with van der Waals surface area (Å²) >= 11 is 0. The molecule has 142 valence electrons. The third-order valence-electron chi connectivity index (χ3n) is 5.23. The number of halogens is 1. The third-order valence-corrected chi connectivity index (χ3v) is 5.23. The molecule has 0 saturated carbocycles. The van der Waals surface area contributed by atoms with Gasteiger partial charge in [-0.3, -0.25) is 9.88 Å². The summed E-state index contributed by atoms with van der Waals surface area (Å²) < 4.78 is 18.5. The van der Waals surface area contributed by atoms with Crippen LogP contribution in [0, 0.1) is 5.82 Å². The number of nitrogens with zero attached hydrogens (tertiary/aromatic N) is 3. The van der Waals surface area contributed by atoms with E-state index in [9.17, 15) is 14.3 Å². The van der Waals surface area contributed by atoms with E-state index in [4.69, 9.17) is 4.74 Å². The standard InChI is InChI=1S/C20H22FN3O3/c21-15-5-3-14(4-6-15)2-1-9-24-18-11-23(12-19(18)27-20(24)26)17-7-8-22-16(10-17)13-25/h3-8,10,18-19,25H,1-2,9,11-13H2/t18-,19+/m0/s1. The molecule has 1 aromatic carbocycles. The van der Waals surface area contributed by atoms with Crippen LogP contribution in [0.1, 0.15) is 17.7 Å². The van der Waals surface area contributed by atoms with Gasteiger partial charge in [-0.15, -0.1) is 0 Å². The molecule has 0 bridgehead atoms. The second kappa shape index (κ2) is 7.52. The number of carbonyl (C=O) groups excluding carboxylic acids is 1. The minimum Gasteiger partial charge on any atom is -0.442 e. The van der Waals surface area contributed by atoms with Crippen LogP contribution in [0.2, 0.25) is 0 Å². The van der Waals surface area contributed by atoms with Gasteiger partial charge >= 0.3 is 6.09 Å². The summed E-state index contributed by atoms with van der Waals surface area (Å²) in [6.07, 6.45) is 2.87. The van der Waals surface area contributed by atoms with Crippen molar-refractivity contribution in [3.63, 3.8) is 0 Å². The number of benzene rings is 1. The fourth-order valence-corrected chi connectivity index (χ4v) is 3.83. The Balaban J connectivity index is 1.37. The highest BCUT2D eigenvalue weighted by atomic mass is 19.1. The highest BCUT2D eigenvalue weighted by molar-refractivity contribution is 5.72. The van der Waals surface area contributed by atoms with Gasteiger partial charge in [-0.25, -0.2) is 9.18 Å². The Kier molecular flexibility index (Phi) is 4.94. The maximum absolute atomic E-state index is 13.0. The van der Waals surface area contributed by atoms with Gasteiger partial charge in [0.1, 0.15) is 11.9 Å². The molecule has 1 N–H and O–H groups in total. The second-order valence-corrected chi connectivity index (χ2v) is 6.98. The number of rotatable bonds is 6. The van der Waals surface area contributed by atoms with Crippen LogP contribution in [-0.2, 0) is 17.8 Å². The SMILES string of the molecule is O=C1O[C@@H]2CN(c3ccnc(CO)c3)C[C@@H]2N1CCCc1ccc(F)cc1. The number of aliphatic hydroxyl groups excluding tert-OH is 1. The van der Waals surface area contributed by atoms with Gasteiger partial charge in [0.25, 0.3) is 0 Å². The molecule has 1 amide bonds. The molecule has 0 aliphatic carbocycles. The van der Waals surface area contributed by atoms with E-state index in [1.165, 1.54) is 12.1 Å². The Morgan fingerprint density at radius 3 is 2.81 bits per heavy atom. The van der Waals surface area contributed by atoms with Gasteiger partial charge in [0, 0.05) is 25.0 Å². The van der Waals surface area contributed by atoms with Gasteiger partial charge in [0.2, 0.25) is 0 Å². The maximum atomic E-state index is 13.0. The topological polar surface area (TPSA) is 65.9 Å². The molecule has 7 heteroatoms. The predicted molar refractivity (Wildman–Crippen MR) is 97.9 cm³/mol. The van der Waals surface area contributed by atoms with E-state index in [0.29, 0.717) is 25.3 Å². The van der Waals surface area contributed by atoms with Gasteiger partial charge in [0.05, 0.1) is 24.9 Å². The van der Waals surface area contributed by atoms with Crippen LogP contribution in [-0.4, -0.2) is 52.9 Å². The van der Waals surface area contributed by atoms with Gasteiger partial charge in [-0.05, 0) is 42.7 Å². The number of hydrogen-bond acceptors (Lipinski definition) is 5. The minimum atomic E-state index is -0.255. The number of aromatic nitrogens is 1. The van der Waals surface area contributed by atoms with E-state index in [-0.39, 0.29) is 30.7 Å². The average Bonchev–Trinajstić information content (AvgIpc) is 3.21. The van der Waals surface area contributed by atoms with Crippen LogP contribution in [0.5, 0.6) is 0 Å². The lowest BCUT2D eigenvalue weighted by Gasteiger charge is -2.23. The maximum Gasteiger partial charge on any atom is 0.410 e. The summed E-state index contributed by atoms with van der Waals surface area (Å²) in [5.41, 5.74) is 2.66. The zero-order valence-electron chi connectivity index (χ0n) is 14.9. The zero-order valence-corrected chi connectivity index (χ0v) is 14.9.